The van der Waals surface area contributed by atoms with E-state index >= 15 is 0 Å². The van der Waals surface area contributed by atoms with Crippen LogP contribution < -0.4 is 10.6 Å². The van der Waals surface area contributed by atoms with E-state index in [1.54, 1.807) is 12.1 Å². The van der Waals surface area contributed by atoms with Crippen LogP contribution in [0.1, 0.15) is 41.8 Å². The van der Waals surface area contributed by atoms with Crippen molar-refractivity contribution in [2.45, 2.75) is 38.0 Å². The molecule has 2 heterocycles. The van der Waals surface area contributed by atoms with Crippen molar-refractivity contribution in [1.29, 1.82) is 0 Å². The van der Waals surface area contributed by atoms with Crippen molar-refractivity contribution in [2.75, 3.05) is 11.1 Å². The Bertz CT molecular complexity index is 1030. The predicted molar refractivity (Wildman–Crippen MR) is 130 cm³/mol. The number of benzene rings is 1. The number of aromatic nitrogens is 3. The minimum Gasteiger partial charge on any atom is -0.341 e. The van der Waals surface area contributed by atoms with E-state index in [9.17, 15) is 9.59 Å². The Morgan fingerprint density at radius 2 is 1.97 bits per heavy atom. The van der Waals surface area contributed by atoms with E-state index in [0.717, 1.165) is 5.69 Å². The summed E-state index contributed by atoms with van der Waals surface area (Å²) in [5, 5.41) is 17.2. The zero-order valence-electron chi connectivity index (χ0n) is 18.2. The second-order valence-corrected chi connectivity index (χ2v) is 9.47. The largest absolute Gasteiger partial charge is 0.341 e. The molecule has 32 heavy (non-hydrogen) atoms. The quantitative estimate of drug-likeness (QED) is 0.312. The van der Waals surface area contributed by atoms with Gasteiger partial charge in [0.05, 0.1) is 16.7 Å². The fourth-order valence-corrected chi connectivity index (χ4v) is 4.53. The summed E-state index contributed by atoms with van der Waals surface area (Å²) in [4.78, 5) is 25.7. The highest BCUT2D eigenvalue weighted by molar-refractivity contribution is 7.99. The molecular formula is C23H27N5O2S2. The molecule has 0 saturated heterocycles. The molecule has 0 aliphatic heterocycles. The maximum Gasteiger partial charge on any atom is 0.261 e. The van der Waals surface area contributed by atoms with Crippen LogP contribution >= 0.6 is 23.1 Å². The lowest BCUT2D eigenvalue weighted by atomic mass is 10.0. The summed E-state index contributed by atoms with van der Waals surface area (Å²) in [5.74, 6) is 0.941. The molecule has 9 heteroatoms. The number of amides is 2. The van der Waals surface area contributed by atoms with E-state index in [2.05, 4.69) is 41.3 Å². The van der Waals surface area contributed by atoms with Gasteiger partial charge in [0.25, 0.3) is 5.91 Å². The Morgan fingerprint density at radius 1 is 1.19 bits per heavy atom. The van der Waals surface area contributed by atoms with Crippen molar-refractivity contribution in [3.05, 3.63) is 71.2 Å². The molecule has 0 unspecified atom stereocenters. The summed E-state index contributed by atoms with van der Waals surface area (Å²) in [7, 11) is 0. The number of thioether (sulfide) groups is 1. The van der Waals surface area contributed by atoms with Crippen LogP contribution in [0.4, 0.5) is 5.69 Å². The number of carbonyl (C=O) groups is 2. The number of allylic oxidation sites excluding steroid dienone is 1. The molecule has 2 N–H and O–H groups in total. The highest BCUT2D eigenvalue weighted by atomic mass is 32.2. The highest BCUT2D eigenvalue weighted by Crippen LogP contribution is 2.26. The molecule has 3 rings (SSSR count). The third-order valence-corrected chi connectivity index (χ3v) is 6.35. The first-order chi connectivity index (χ1) is 15.5. The van der Waals surface area contributed by atoms with Crippen molar-refractivity contribution in [3.63, 3.8) is 0 Å². The number of nitrogens with zero attached hydrogens (tertiary/aromatic N) is 3. The first-order valence-corrected chi connectivity index (χ1v) is 12.2. The second-order valence-electron chi connectivity index (χ2n) is 7.58. The number of rotatable bonds is 11. The van der Waals surface area contributed by atoms with Crippen molar-refractivity contribution < 1.29 is 9.59 Å². The molecule has 0 aliphatic rings. The third kappa shape index (κ3) is 6.54. The van der Waals surface area contributed by atoms with Gasteiger partial charge >= 0.3 is 0 Å². The summed E-state index contributed by atoms with van der Waals surface area (Å²) in [6, 6.07) is 12.7. The minimum absolute atomic E-state index is 0.124. The number of hydrogen-bond donors (Lipinski definition) is 2. The maximum atomic E-state index is 12.7. The van der Waals surface area contributed by atoms with Crippen LogP contribution in [0.5, 0.6) is 0 Å². The highest BCUT2D eigenvalue weighted by Gasteiger charge is 2.25. The fraction of sp³-hybridized carbons (Fsp3) is 0.304. The maximum absolute atomic E-state index is 12.7. The number of anilines is 1. The van der Waals surface area contributed by atoms with Gasteiger partial charge in [-0.2, -0.15) is 0 Å². The van der Waals surface area contributed by atoms with Crippen LogP contribution in [-0.4, -0.2) is 32.3 Å². The number of nitrogens with one attached hydrogen (secondary N) is 2. The van der Waals surface area contributed by atoms with Gasteiger partial charge in [0, 0.05) is 12.2 Å². The molecule has 0 radical (unpaired) electrons. The van der Waals surface area contributed by atoms with Crippen molar-refractivity contribution in [2.24, 2.45) is 5.92 Å². The summed E-state index contributed by atoms with van der Waals surface area (Å²) >= 11 is 2.71. The lowest BCUT2D eigenvalue weighted by molar-refractivity contribution is -0.113. The number of para-hydroxylation sites is 1. The van der Waals surface area contributed by atoms with Gasteiger partial charge in [-0.05, 0) is 35.9 Å². The topological polar surface area (TPSA) is 88.9 Å². The van der Waals surface area contributed by atoms with Crippen LogP contribution in [0, 0.1) is 5.92 Å². The van der Waals surface area contributed by atoms with Gasteiger partial charge in [-0.3, -0.25) is 9.59 Å². The predicted octanol–water partition coefficient (Wildman–Crippen LogP) is 4.77. The Balaban J connectivity index is 1.75. The molecule has 0 fully saturated rings. The van der Waals surface area contributed by atoms with E-state index in [0.29, 0.717) is 34.7 Å². The van der Waals surface area contributed by atoms with Gasteiger partial charge in [-0.15, -0.1) is 28.1 Å². The van der Waals surface area contributed by atoms with Gasteiger partial charge in [0.15, 0.2) is 11.0 Å². The Labute approximate surface area is 196 Å². The number of carbonyl (C=O) groups excluding carboxylic acids is 2. The fourth-order valence-electron chi connectivity index (χ4n) is 3.15. The minimum atomic E-state index is -0.301. The average molecular weight is 470 g/mol. The lowest BCUT2D eigenvalue weighted by Gasteiger charge is -2.20. The van der Waals surface area contributed by atoms with Crippen molar-refractivity contribution in [1.82, 2.24) is 20.1 Å². The van der Waals surface area contributed by atoms with Crippen LogP contribution in [0.3, 0.4) is 0 Å². The van der Waals surface area contributed by atoms with Gasteiger partial charge in [0.2, 0.25) is 5.91 Å². The van der Waals surface area contributed by atoms with E-state index in [1.165, 1.54) is 23.1 Å². The number of thiophene rings is 1. The zero-order chi connectivity index (χ0) is 22.9. The Morgan fingerprint density at radius 3 is 2.62 bits per heavy atom. The zero-order valence-corrected chi connectivity index (χ0v) is 19.8. The van der Waals surface area contributed by atoms with E-state index in [4.69, 9.17) is 0 Å². The standard InChI is InChI=1S/C23H27N5O2S2/c1-4-12-28-21(18(14-16(2)3)25-22(30)19-11-8-13-31-19)26-27-23(28)32-15-20(29)24-17-9-6-5-7-10-17/h4-11,13,16,18H,1,12,14-15H2,2-3H3,(H,24,29)(H,25,30)/t18-/m0/s1. The van der Waals surface area contributed by atoms with Crippen LogP contribution in [-0.2, 0) is 11.3 Å². The molecule has 0 aliphatic carbocycles. The normalized spacial score (nSPS) is 11.8. The Hall–Kier alpha value is -2.91. The number of hydrogen-bond acceptors (Lipinski definition) is 6. The second kappa shape index (κ2) is 11.6. The summed E-state index contributed by atoms with van der Waals surface area (Å²) < 4.78 is 1.91. The van der Waals surface area contributed by atoms with Gasteiger partial charge in [-0.25, -0.2) is 0 Å². The smallest absolute Gasteiger partial charge is 0.261 e. The molecule has 7 nitrogen and oxygen atoms in total. The molecule has 168 valence electrons. The van der Waals surface area contributed by atoms with E-state index in [1.807, 2.05) is 46.3 Å². The Kier molecular flexibility index (Phi) is 8.64. The van der Waals surface area contributed by atoms with Gasteiger partial charge < -0.3 is 15.2 Å². The van der Waals surface area contributed by atoms with Gasteiger partial charge in [0.1, 0.15) is 0 Å². The molecule has 2 amide bonds. The molecule has 0 spiro atoms. The lowest BCUT2D eigenvalue weighted by Crippen LogP contribution is -2.31. The van der Waals surface area contributed by atoms with Crippen LogP contribution in [0.15, 0.2) is 65.7 Å². The third-order valence-electron chi connectivity index (χ3n) is 4.52. The first-order valence-electron chi connectivity index (χ1n) is 10.3. The van der Waals surface area contributed by atoms with Crippen LogP contribution in [0.25, 0.3) is 0 Å². The monoisotopic (exact) mass is 469 g/mol. The average Bonchev–Trinajstić information content (AvgIpc) is 3.43. The molecule has 0 bridgehead atoms. The van der Waals surface area contributed by atoms with E-state index < -0.39 is 0 Å². The molecule has 3 aromatic rings. The molecule has 1 aromatic carbocycles. The summed E-state index contributed by atoms with van der Waals surface area (Å²) in [6.45, 7) is 8.52. The SMILES string of the molecule is C=CCn1c(SCC(=O)Nc2ccccc2)nnc1[C@H](CC(C)C)NC(=O)c1cccs1. The molecule has 0 saturated carbocycles. The summed E-state index contributed by atoms with van der Waals surface area (Å²) in [5.41, 5.74) is 0.750. The van der Waals surface area contributed by atoms with Gasteiger partial charge in [-0.1, -0.05) is 56.0 Å². The summed E-state index contributed by atoms with van der Waals surface area (Å²) in [6.07, 6.45) is 2.47. The first kappa shape index (κ1) is 23.7. The molecular weight excluding hydrogens is 442 g/mol. The van der Waals surface area contributed by atoms with E-state index in [-0.39, 0.29) is 23.6 Å². The molecule has 1 atom stereocenters. The van der Waals surface area contributed by atoms with Crippen molar-refractivity contribution in [3.8, 4) is 0 Å². The molecule has 2 aromatic heterocycles. The van der Waals surface area contributed by atoms with Crippen LogP contribution in [0.2, 0.25) is 0 Å². The van der Waals surface area contributed by atoms with Crippen molar-refractivity contribution >= 4 is 40.6 Å².